The average molecular weight is 332 g/mol. The van der Waals surface area contributed by atoms with Gasteiger partial charge < -0.3 is 9.52 Å². The van der Waals surface area contributed by atoms with E-state index in [0.29, 0.717) is 18.4 Å². The van der Waals surface area contributed by atoms with Crippen LogP contribution >= 0.6 is 0 Å². The van der Waals surface area contributed by atoms with Gasteiger partial charge in [-0.2, -0.15) is 13.2 Å². The number of aromatic nitrogens is 2. The summed E-state index contributed by atoms with van der Waals surface area (Å²) in [6.07, 6.45) is -4.34. The van der Waals surface area contributed by atoms with Crippen LogP contribution in [0, 0.1) is 5.82 Å². The van der Waals surface area contributed by atoms with Gasteiger partial charge in [0, 0.05) is 12.0 Å². The summed E-state index contributed by atoms with van der Waals surface area (Å²) in [4.78, 5) is 0. The molecular weight excluding hydrogens is 316 g/mol. The van der Waals surface area contributed by atoms with Crippen LogP contribution in [0.4, 0.5) is 17.6 Å². The number of alkyl halides is 3. The van der Waals surface area contributed by atoms with Crippen molar-refractivity contribution in [3.8, 4) is 0 Å². The van der Waals surface area contributed by atoms with Gasteiger partial charge in [-0.15, -0.1) is 10.2 Å². The first-order chi connectivity index (χ1) is 10.8. The van der Waals surface area contributed by atoms with Crippen molar-refractivity contribution < 1.29 is 27.1 Å². The summed E-state index contributed by atoms with van der Waals surface area (Å²) in [5.74, 6) is -0.413. The Balaban J connectivity index is 1.95. The summed E-state index contributed by atoms with van der Waals surface area (Å²) < 4.78 is 55.0. The van der Waals surface area contributed by atoms with Gasteiger partial charge in [-0.25, -0.2) is 4.39 Å². The molecule has 0 aliphatic carbocycles. The summed E-state index contributed by atoms with van der Waals surface area (Å²) >= 11 is 0. The summed E-state index contributed by atoms with van der Waals surface area (Å²) in [5.41, 5.74) is 0.740. The van der Waals surface area contributed by atoms with Crippen LogP contribution < -0.4 is 0 Å². The molecule has 126 valence electrons. The van der Waals surface area contributed by atoms with E-state index in [1.807, 2.05) is 0 Å². The highest BCUT2D eigenvalue weighted by Crippen LogP contribution is 2.25. The number of aliphatic hydroxyl groups is 1. The average Bonchev–Trinajstić information content (AvgIpc) is 2.97. The van der Waals surface area contributed by atoms with Gasteiger partial charge >= 0.3 is 6.18 Å². The van der Waals surface area contributed by atoms with Crippen LogP contribution in [-0.4, -0.2) is 21.5 Å². The Kier molecular flexibility index (Phi) is 5.70. The predicted molar refractivity (Wildman–Crippen MR) is 73.0 cm³/mol. The highest BCUT2D eigenvalue weighted by atomic mass is 19.4. The van der Waals surface area contributed by atoms with Crippen molar-refractivity contribution in [3.63, 3.8) is 0 Å². The molecule has 23 heavy (non-hydrogen) atoms. The molecule has 0 bridgehead atoms. The molecule has 1 atom stereocenters. The second kappa shape index (κ2) is 7.54. The Morgan fingerprint density at radius 1 is 1.22 bits per heavy atom. The molecule has 0 aliphatic rings. The zero-order valence-corrected chi connectivity index (χ0v) is 12.2. The van der Waals surface area contributed by atoms with Crippen molar-refractivity contribution in [2.45, 2.75) is 44.4 Å². The lowest BCUT2D eigenvalue weighted by Gasteiger charge is -2.12. The van der Waals surface area contributed by atoms with Crippen LogP contribution in [0.2, 0.25) is 0 Å². The maximum absolute atomic E-state index is 13.8. The fourth-order valence-corrected chi connectivity index (χ4v) is 2.22. The molecule has 1 aromatic heterocycles. The van der Waals surface area contributed by atoms with Gasteiger partial charge in [0.1, 0.15) is 5.82 Å². The van der Waals surface area contributed by atoms with Gasteiger partial charge in [0.2, 0.25) is 12.3 Å². The topological polar surface area (TPSA) is 59.2 Å². The fraction of sp³-hybridized carbons (Fsp3) is 0.467. The SMILES string of the molecule is OC(Cc1nnco1)c1cc(CCCCC(F)(F)F)ccc1F. The lowest BCUT2D eigenvalue weighted by atomic mass is 9.99. The summed E-state index contributed by atoms with van der Waals surface area (Å²) in [6.45, 7) is 0. The Morgan fingerprint density at radius 2 is 2.00 bits per heavy atom. The quantitative estimate of drug-likeness (QED) is 0.619. The van der Waals surface area contributed by atoms with E-state index >= 15 is 0 Å². The minimum Gasteiger partial charge on any atom is -0.428 e. The highest BCUT2D eigenvalue weighted by molar-refractivity contribution is 5.27. The molecule has 4 nitrogen and oxygen atoms in total. The molecule has 0 amide bonds. The molecule has 1 heterocycles. The van der Waals surface area contributed by atoms with E-state index in [1.54, 1.807) is 0 Å². The molecule has 1 aromatic carbocycles. The van der Waals surface area contributed by atoms with Crippen molar-refractivity contribution in [2.24, 2.45) is 0 Å². The molecule has 1 unspecified atom stereocenters. The number of halogens is 4. The zero-order valence-electron chi connectivity index (χ0n) is 12.2. The van der Waals surface area contributed by atoms with Gasteiger partial charge in [-0.1, -0.05) is 12.1 Å². The van der Waals surface area contributed by atoms with Crippen molar-refractivity contribution in [2.75, 3.05) is 0 Å². The maximum atomic E-state index is 13.8. The largest absolute Gasteiger partial charge is 0.428 e. The third kappa shape index (κ3) is 5.63. The molecule has 0 saturated heterocycles. The molecule has 0 aliphatic heterocycles. The van der Waals surface area contributed by atoms with Crippen LogP contribution in [0.5, 0.6) is 0 Å². The predicted octanol–water partition coefficient (Wildman–Crippen LogP) is 3.76. The van der Waals surface area contributed by atoms with Gasteiger partial charge in [0.25, 0.3) is 0 Å². The van der Waals surface area contributed by atoms with E-state index < -0.39 is 24.5 Å². The summed E-state index contributed by atoms with van der Waals surface area (Å²) in [5, 5.41) is 17.1. The third-order valence-electron chi connectivity index (χ3n) is 3.37. The number of aliphatic hydroxyl groups excluding tert-OH is 1. The molecule has 0 spiro atoms. The minimum atomic E-state index is -4.16. The second-order valence-corrected chi connectivity index (χ2v) is 5.23. The van der Waals surface area contributed by atoms with Crippen LogP contribution in [0.3, 0.4) is 0 Å². The summed E-state index contributed by atoms with van der Waals surface area (Å²) in [7, 11) is 0. The Morgan fingerprint density at radius 3 is 2.65 bits per heavy atom. The lowest BCUT2D eigenvalue weighted by Crippen LogP contribution is -2.07. The third-order valence-corrected chi connectivity index (χ3v) is 3.37. The Hall–Kier alpha value is -1.96. The van der Waals surface area contributed by atoms with Crippen LogP contribution in [-0.2, 0) is 12.8 Å². The molecule has 2 rings (SSSR count). The van der Waals surface area contributed by atoms with Gasteiger partial charge in [-0.05, 0) is 30.9 Å². The first-order valence-corrected chi connectivity index (χ1v) is 7.13. The van der Waals surface area contributed by atoms with Crippen molar-refractivity contribution in [1.29, 1.82) is 0 Å². The van der Waals surface area contributed by atoms with E-state index in [9.17, 15) is 22.7 Å². The number of nitrogens with zero attached hydrogens (tertiary/aromatic N) is 2. The molecular formula is C15H16F4N2O2. The number of unbranched alkanes of at least 4 members (excludes halogenated alkanes) is 1. The number of hydrogen-bond donors (Lipinski definition) is 1. The van der Waals surface area contributed by atoms with Gasteiger partial charge in [0.05, 0.1) is 12.5 Å². The van der Waals surface area contributed by atoms with E-state index in [1.165, 1.54) is 18.2 Å². The lowest BCUT2D eigenvalue weighted by molar-refractivity contribution is -0.135. The second-order valence-electron chi connectivity index (χ2n) is 5.23. The normalized spacial score (nSPS) is 13.3. The molecule has 2 aromatic rings. The number of aryl methyl sites for hydroxylation is 1. The van der Waals surface area contributed by atoms with Gasteiger partial charge in [0.15, 0.2) is 0 Å². The first-order valence-electron chi connectivity index (χ1n) is 7.13. The van der Waals surface area contributed by atoms with Crippen molar-refractivity contribution >= 4 is 0 Å². The Bertz CT molecular complexity index is 614. The van der Waals surface area contributed by atoms with E-state index in [2.05, 4.69) is 10.2 Å². The fourth-order valence-electron chi connectivity index (χ4n) is 2.22. The van der Waals surface area contributed by atoms with Crippen LogP contribution in [0.15, 0.2) is 29.0 Å². The molecule has 0 saturated carbocycles. The van der Waals surface area contributed by atoms with E-state index in [4.69, 9.17) is 4.42 Å². The molecule has 0 fully saturated rings. The summed E-state index contributed by atoms with van der Waals surface area (Å²) in [6, 6.07) is 4.17. The maximum Gasteiger partial charge on any atom is 0.389 e. The van der Waals surface area contributed by atoms with Crippen molar-refractivity contribution in [1.82, 2.24) is 10.2 Å². The standard InChI is InChI=1S/C15H16F4N2O2/c16-12-5-4-10(3-1-2-6-15(17,18)19)7-11(12)13(22)8-14-21-20-9-23-14/h4-5,7,9,13,22H,1-3,6,8H2. The first kappa shape index (κ1) is 17.4. The molecule has 0 radical (unpaired) electrons. The smallest absolute Gasteiger partial charge is 0.389 e. The molecule has 8 heteroatoms. The number of benzene rings is 1. The van der Waals surface area contributed by atoms with Crippen molar-refractivity contribution in [3.05, 3.63) is 47.4 Å². The highest BCUT2D eigenvalue weighted by Gasteiger charge is 2.25. The van der Waals surface area contributed by atoms with Crippen LogP contribution in [0.1, 0.15) is 42.4 Å². The number of rotatable bonds is 7. The van der Waals surface area contributed by atoms with E-state index in [0.717, 1.165) is 6.39 Å². The van der Waals surface area contributed by atoms with Gasteiger partial charge in [-0.3, -0.25) is 0 Å². The zero-order chi connectivity index (χ0) is 16.9. The monoisotopic (exact) mass is 332 g/mol. The van der Waals surface area contributed by atoms with E-state index in [-0.39, 0.29) is 24.3 Å². The molecule has 1 N–H and O–H groups in total. The minimum absolute atomic E-state index is 0.0146. The number of hydrogen-bond acceptors (Lipinski definition) is 4. The van der Waals surface area contributed by atoms with Crippen LogP contribution in [0.25, 0.3) is 0 Å². The Labute approximate surface area is 130 Å².